The Morgan fingerprint density at radius 1 is 1.04 bits per heavy atom. The molecule has 0 aliphatic carbocycles. The summed E-state index contributed by atoms with van der Waals surface area (Å²) in [5, 5.41) is 2.86. The lowest BCUT2D eigenvalue weighted by Crippen LogP contribution is -2.11. The van der Waals surface area contributed by atoms with Crippen LogP contribution in [-0.4, -0.2) is 18.2 Å². The molecule has 0 aliphatic heterocycles. The van der Waals surface area contributed by atoms with Gasteiger partial charge in [-0.2, -0.15) is 0 Å². The van der Waals surface area contributed by atoms with Crippen LogP contribution in [0.15, 0.2) is 71.1 Å². The van der Waals surface area contributed by atoms with Gasteiger partial charge < -0.3 is 15.5 Å². The van der Waals surface area contributed by atoms with E-state index in [1.54, 1.807) is 24.3 Å². The molecule has 1 heterocycles. The smallest absolute Gasteiger partial charge is 0.255 e. The van der Waals surface area contributed by atoms with Crippen molar-refractivity contribution in [2.45, 2.75) is 6.82 Å². The number of nitrogen functional groups attached to an aromatic ring is 1. The quantitative estimate of drug-likeness (QED) is 0.432. The molecule has 6 heteroatoms. The number of aromatic nitrogens is 1. The fourth-order valence-electron chi connectivity index (χ4n) is 2.78. The van der Waals surface area contributed by atoms with E-state index in [0.29, 0.717) is 22.8 Å². The fraction of sp³-hybridized carbons (Fsp3) is 0.0476. The Labute approximate surface area is 157 Å². The highest BCUT2D eigenvalue weighted by Crippen LogP contribution is 2.25. The lowest BCUT2D eigenvalue weighted by atomic mass is 9.73. The molecule has 1 aromatic heterocycles. The van der Waals surface area contributed by atoms with E-state index >= 15 is 0 Å². The van der Waals surface area contributed by atoms with Crippen LogP contribution in [0.3, 0.4) is 0 Å². The van der Waals surface area contributed by atoms with Crippen molar-refractivity contribution in [3.63, 3.8) is 0 Å². The average molecular weight is 354 g/mol. The molecule has 1 amide bonds. The van der Waals surface area contributed by atoms with E-state index < -0.39 is 0 Å². The zero-order chi connectivity index (χ0) is 18.8. The Morgan fingerprint density at radius 3 is 2.48 bits per heavy atom. The number of amides is 1. The normalized spacial score (nSPS) is 10.7. The zero-order valence-electron chi connectivity index (χ0n) is 14.8. The molecule has 27 heavy (non-hydrogen) atoms. The monoisotopic (exact) mass is 354 g/mol. The van der Waals surface area contributed by atoms with Crippen molar-refractivity contribution in [2.75, 3.05) is 11.1 Å². The Hall–Kier alpha value is -3.54. The molecule has 1 radical (unpaired) electrons. The second kappa shape index (κ2) is 7.00. The molecule has 0 atom stereocenters. The average Bonchev–Trinajstić information content (AvgIpc) is 3.12. The summed E-state index contributed by atoms with van der Waals surface area (Å²) >= 11 is 0. The minimum absolute atomic E-state index is 0.187. The summed E-state index contributed by atoms with van der Waals surface area (Å²) in [6, 6.07) is 20.1. The number of hydrogen-bond donors (Lipinski definition) is 2. The molecule has 5 nitrogen and oxygen atoms in total. The first-order chi connectivity index (χ1) is 13.1. The van der Waals surface area contributed by atoms with Gasteiger partial charge in [0, 0.05) is 22.5 Å². The summed E-state index contributed by atoms with van der Waals surface area (Å²) in [5.74, 6) is 0.364. The molecular formula is C21H17BN3O2. The Morgan fingerprint density at radius 2 is 1.78 bits per heavy atom. The molecule has 0 unspecified atom stereocenters. The van der Waals surface area contributed by atoms with Crippen molar-refractivity contribution in [1.82, 2.24) is 4.98 Å². The van der Waals surface area contributed by atoms with Crippen LogP contribution in [-0.2, 0) is 0 Å². The van der Waals surface area contributed by atoms with Gasteiger partial charge in [-0.15, -0.1) is 0 Å². The first-order valence-electron chi connectivity index (χ1n) is 8.60. The number of nitrogens with two attached hydrogens (primary N) is 1. The molecule has 0 bridgehead atoms. The highest BCUT2D eigenvalue weighted by Gasteiger charge is 2.10. The highest BCUT2D eigenvalue weighted by molar-refractivity contribution is 6.52. The van der Waals surface area contributed by atoms with Crippen molar-refractivity contribution in [3.8, 4) is 11.5 Å². The largest absolute Gasteiger partial charge is 0.436 e. The standard InChI is InChI=1S/C21H17BN3O2/c1-22-15-6-11-19-18(12-15)25-21(27-19)14-4-9-17(10-5-14)24-20(26)13-2-7-16(23)8-3-13/h2-12H,23H2,1H3,(H,24,26). The van der Waals surface area contributed by atoms with Crippen LogP contribution >= 0.6 is 0 Å². The van der Waals surface area contributed by atoms with Gasteiger partial charge in [-0.05, 0) is 60.7 Å². The molecule has 131 valence electrons. The van der Waals surface area contributed by atoms with Crippen LogP contribution in [0.5, 0.6) is 0 Å². The van der Waals surface area contributed by atoms with Crippen LogP contribution < -0.4 is 16.5 Å². The number of nitrogens with one attached hydrogen (secondary N) is 1. The van der Waals surface area contributed by atoms with Crippen molar-refractivity contribution >= 4 is 41.1 Å². The molecule has 0 saturated carbocycles. The lowest BCUT2D eigenvalue weighted by Gasteiger charge is -2.06. The second-order valence-corrected chi connectivity index (χ2v) is 6.19. The van der Waals surface area contributed by atoms with Crippen molar-refractivity contribution in [2.24, 2.45) is 0 Å². The first-order valence-corrected chi connectivity index (χ1v) is 8.60. The van der Waals surface area contributed by atoms with E-state index in [1.807, 2.05) is 56.6 Å². The number of rotatable bonds is 4. The van der Waals surface area contributed by atoms with Gasteiger partial charge >= 0.3 is 0 Å². The number of nitrogens with zero attached hydrogens (tertiary/aromatic N) is 1. The summed E-state index contributed by atoms with van der Waals surface area (Å²) in [5.41, 5.74) is 11.0. The van der Waals surface area contributed by atoms with Gasteiger partial charge in [-0.1, -0.05) is 18.4 Å². The van der Waals surface area contributed by atoms with E-state index in [1.165, 1.54) is 0 Å². The molecule has 0 fully saturated rings. The molecular weight excluding hydrogens is 337 g/mol. The third kappa shape index (κ3) is 3.55. The van der Waals surface area contributed by atoms with E-state index in [0.717, 1.165) is 22.1 Å². The number of carbonyl (C=O) groups is 1. The van der Waals surface area contributed by atoms with Gasteiger partial charge in [0.05, 0.1) is 0 Å². The number of carbonyl (C=O) groups excluding carboxylic acids is 1. The van der Waals surface area contributed by atoms with Gasteiger partial charge in [-0.3, -0.25) is 4.79 Å². The van der Waals surface area contributed by atoms with Crippen molar-refractivity contribution in [1.29, 1.82) is 0 Å². The molecule has 0 spiro atoms. The van der Waals surface area contributed by atoms with Crippen LogP contribution in [0.4, 0.5) is 11.4 Å². The topological polar surface area (TPSA) is 81.2 Å². The molecule has 0 saturated heterocycles. The van der Waals surface area contributed by atoms with Gasteiger partial charge in [0.1, 0.15) is 12.8 Å². The van der Waals surface area contributed by atoms with Crippen LogP contribution in [0.25, 0.3) is 22.6 Å². The number of anilines is 2. The summed E-state index contributed by atoms with van der Waals surface area (Å²) in [6.45, 7) is 1.99. The fourth-order valence-corrected chi connectivity index (χ4v) is 2.78. The second-order valence-electron chi connectivity index (χ2n) is 6.19. The van der Waals surface area contributed by atoms with E-state index in [2.05, 4.69) is 10.3 Å². The van der Waals surface area contributed by atoms with Crippen molar-refractivity contribution in [3.05, 3.63) is 72.3 Å². The summed E-state index contributed by atoms with van der Waals surface area (Å²) < 4.78 is 5.83. The molecule has 3 aromatic carbocycles. The summed E-state index contributed by atoms with van der Waals surface area (Å²) in [6.07, 6.45) is 0. The summed E-state index contributed by atoms with van der Waals surface area (Å²) in [7, 11) is 2.02. The van der Waals surface area contributed by atoms with Crippen LogP contribution in [0, 0.1) is 0 Å². The van der Waals surface area contributed by atoms with Crippen LogP contribution in [0.1, 0.15) is 10.4 Å². The van der Waals surface area contributed by atoms with Crippen molar-refractivity contribution < 1.29 is 9.21 Å². The maximum Gasteiger partial charge on any atom is 0.255 e. The predicted octanol–water partition coefficient (Wildman–Crippen LogP) is 3.71. The van der Waals surface area contributed by atoms with Gasteiger partial charge in [0.2, 0.25) is 5.89 Å². The maximum absolute atomic E-state index is 12.3. The van der Waals surface area contributed by atoms with E-state index in [9.17, 15) is 4.79 Å². The number of fused-ring (bicyclic) bond motifs is 1. The predicted molar refractivity (Wildman–Crippen MR) is 110 cm³/mol. The number of benzene rings is 3. The number of oxazole rings is 1. The third-order valence-corrected chi connectivity index (χ3v) is 4.31. The minimum atomic E-state index is -0.187. The maximum atomic E-state index is 12.3. The summed E-state index contributed by atoms with van der Waals surface area (Å²) in [4.78, 5) is 16.8. The van der Waals surface area contributed by atoms with Gasteiger partial charge in [-0.25, -0.2) is 4.98 Å². The lowest BCUT2D eigenvalue weighted by molar-refractivity contribution is 0.102. The third-order valence-electron chi connectivity index (χ3n) is 4.31. The van der Waals surface area contributed by atoms with Gasteiger partial charge in [0.25, 0.3) is 5.91 Å². The number of hydrogen-bond acceptors (Lipinski definition) is 4. The molecule has 0 aliphatic rings. The Kier molecular flexibility index (Phi) is 4.38. The Bertz CT molecular complexity index is 1100. The zero-order valence-corrected chi connectivity index (χ0v) is 14.8. The Balaban J connectivity index is 1.53. The van der Waals surface area contributed by atoms with Gasteiger partial charge in [0.15, 0.2) is 5.58 Å². The van der Waals surface area contributed by atoms with Crippen LogP contribution in [0.2, 0.25) is 6.82 Å². The van der Waals surface area contributed by atoms with E-state index in [4.69, 9.17) is 10.2 Å². The molecule has 3 N–H and O–H groups in total. The highest BCUT2D eigenvalue weighted by atomic mass is 16.3. The SMILES string of the molecule is C[B]c1ccc2oc(-c3ccc(NC(=O)c4ccc(N)cc4)cc3)nc2c1. The molecule has 4 aromatic rings. The van der Waals surface area contributed by atoms with E-state index in [-0.39, 0.29) is 5.91 Å². The molecule has 4 rings (SSSR count). The first kappa shape index (κ1) is 16.9. The minimum Gasteiger partial charge on any atom is -0.436 e.